The second kappa shape index (κ2) is 11.9. The highest BCUT2D eigenvalue weighted by molar-refractivity contribution is 5.90. The smallest absolute Gasteiger partial charge is 0.416 e. The molecule has 37 heavy (non-hydrogen) atoms. The maximum absolute atomic E-state index is 13.5. The van der Waals surface area contributed by atoms with Gasteiger partial charge in [-0.2, -0.15) is 13.2 Å². The van der Waals surface area contributed by atoms with Crippen molar-refractivity contribution in [3.63, 3.8) is 0 Å². The van der Waals surface area contributed by atoms with Crippen LogP contribution in [0.5, 0.6) is 11.5 Å². The molecular formula is C27H33F3N2O5. The summed E-state index contributed by atoms with van der Waals surface area (Å²) in [5.74, 6) is -0.0703. The number of benzene rings is 2. The monoisotopic (exact) mass is 522 g/mol. The minimum Gasteiger partial charge on any atom is -0.465 e. The van der Waals surface area contributed by atoms with E-state index >= 15 is 0 Å². The summed E-state index contributed by atoms with van der Waals surface area (Å²) in [6.07, 6.45) is -1.23. The van der Waals surface area contributed by atoms with Gasteiger partial charge in [-0.3, -0.25) is 0 Å². The zero-order valence-corrected chi connectivity index (χ0v) is 21.2. The first-order valence-corrected chi connectivity index (χ1v) is 12.3. The zero-order chi connectivity index (χ0) is 27.2. The lowest BCUT2D eigenvalue weighted by molar-refractivity contribution is -0.137. The Balaban J connectivity index is 1.71. The summed E-state index contributed by atoms with van der Waals surface area (Å²) in [5.41, 5.74) is -1.63. The van der Waals surface area contributed by atoms with E-state index in [-0.39, 0.29) is 22.7 Å². The van der Waals surface area contributed by atoms with E-state index in [2.05, 4.69) is 23.9 Å². The van der Waals surface area contributed by atoms with Gasteiger partial charge < -0.3 is 24.8 Å². The molecule has 1 heterocycles. The van der Waals surface area contributed by atoms with Gasteiger partial charge in [0.1, 0.15) is 11.5 Å². The van der Waals surface area contributed by atoms with Crippen LogP contribution in [0, 0.1) is 5.92 Å². The third-order valence-corrected chi connectivity index (χ3v) is 6.80. The number of halogens is 3. The Morgan fingerprint density at radius 2 is 1.68 bits per heavy atom. The molecule has 202 valence electrons. The van der Waals surface area contributed by atoms with Gasteiger partial charge in [-0.25, -0.2) is 9.59 Å². The van der Waals surface area contributed by atoms with Crippen molar-refractivity contribution in [3.8, 4) is 11.5 Å². The number of hydrogen-bond donors (Lipinski definition) is 2. The number of amides is 2. The molecule has 0 aromatic heterocycles. The van der Waals surface area contributed by atoms with E-state index in [9.17, 15) is 27.9 Å². The molecule has 0 unspecified atom stereocenters. The molecule has 2 aromatic carbocycles. The average Bonchev–Trinajstić information content (AvgIpc) is 2.87. The van der Waals surface area contributed by atoms with E-state index < -0.39 is 29.3 Å². The van der Waals surface area contributed by atoms with Crippen molar-refractivity contribution in [1.82, 2.24) is 4.90 Å². The van der Waals surface area contributed by atoms with Crippen LogP contribution in [0.4, 0.5) is 23.7 Å². The number of rotatable bonds is 8. The SMILES string of the molecule is CCC(CC)CC1(O)CCN(C(=O)Nc2cc(Oc3ccc(C(=O)OC)cc3)cc(C(F)(F)F)c2)CC1. The van der Waals surface area contributed by atoms with Crippen LogP contribution in [0.1, 0.15) is 61.9 Å². The summed E-state index contributed by atoms with van der Waals surface area (Å²) in [5, 5.41) is 13.5. The number of urea groups is 1. The third kappa shape index (κ3) is 7.61. The molecule has 0 spiro atoms. The Morgan fingerprint density at radius 1 is 1.05 bits per heavy atom. The van der Waals surface area contributed by atoms with Gasteiger partial charge in [0.2, 0.25) is 0 Å². The van der Waals surface area contributed by atoms with Crippen LogP contribution < -0.4 is 10.1 Å². The molecule has 1 saturated heterocycles. The lowest BCUT2D eigenvalue weighted by atomic mass is 9.81. The molecule has 0 aliphatic carbocycles. The Labute approximate surface area is 214 Å². The first-order chi connectivity index (χ1) is 17.5. The number of ether oxygens (including phenoxy) is 2. The second-order valence-electron chi connectivity index (χ2n) is 9.39. The molecule has 0 radical (unpaired) electrons. The normalized spacial score (nSPS) is 15.4. The van der Waals surface area contributed by atoms with E-state index in [1.165, 1.54) is 42.3 Å². The predicted molar refractivity (Wildman–Crippen MR) is 133 cm³/mol. The van der Waals surface area contributed by atoms with Crippen LogP contribution >= 0.6 is 0 Å². The standard InChI is InChI=1S/C27H33F3N2O5/c1-4-18(5-2)17-26(35)10-12-32(13-11-26)25(34)31-21-14-20(27(28,29)30)15-23(16-21)37-22-8-6-19(7-9-22)24(33)36-3/h6-9,14-16,18,35H,4-5,10-13,17H2,1-3H3,(H,31,34). The number of anilines is 1. The van der Waals surface area contributed by atoms with Crippen LogP contribution in [-0.4, -0.2) is 47.8 Å². The fourth-order valence-electron chi connectivity index (χ4n) is 4.45. The number of esters is 1. The molecule has 7 nitrogen and oxygen atoms in total. The highest BCUT2D eigenvalue weighted by Gasteiger charge is 2.36. The van der Waals surface area contributed by atoms with Gasteiger partial charge in [-0.1, -0.05) is 26.7 Å². The van der Waals surface area contributed by atoms with Gasteiger partial charge in [0.25, 0.3) is 0 Å². The summed E-state index contributed by atoms with van der Waals surface area (Å²) in [7, 11) is 1.24. The van der Waals surface area contributed by atoms with Gasteiger partial charge in [-0.15, -0.1) is 0 Å². The minimum absolute atomic E-state index is 0.0705. The average molecular weight is 523 g/mol. The second-order valence-corrected chi connectivity index (χ2v) is 9.39. The number of carbonyl (C=O) groups excluding carboxylic acids is 2. The van der Waals surface area contributed by atoms with Gasteiger partial charge in [-0.05, 0) is 61.6 Å². The van der Waals surface area contributed by atoms with E-state index in [1.807, 2.05) is 0 Å². The molecule has 10 heteroatoms. The van der Waals surface area contributed by atoms with Gasteiger partial charge >= 0.3 is 18.2 Å². The number of nitrogens with zero attached hydrogens (tertiary/aromatic N) is 1. The maximum Gasteiger partial charge on any atom is 0.416 e. The van der Waals surface area contributed by atoms with Gasteiger partial charge in [0.05, 0.1) is 23.8 Å². The molecule has 3 rings (SSSR count). The lowest BCUT2D eigenvalue weighted by Gasteiger charge is -2.39. The highest BCUT2D eigenvalue weighted by atomic mass is 19.4. The molecule has 0 atom stereocenters. The van der Waals surface area contributed by atoms with Crippen LogP contribution in [-0.2, 0) is 10.9 Å². The highest BCUT2D eigenvalue weighted by Crippen LogP contribution is 2.36. The minimum atomic E-state index is -4.66. The summed E-state index contributed by atoms with van der Waals surface area (Å²) in [6.45, 7) is 4.78. The number of carbonyl (C=O) groups is 2. The predicted octanol–water partition coefficient (Wildman–Crippen LogP) is 6.47. The quantitative estimate of drug-likeness (QED) is 0.388. The topological polar surface area (TPSA) is 88.1 Å². The summed E-state index contributed by atoms with van der Waals surface area (Å²) >= 11 is 0. The van der Waals surface area contributed by atoms with Gasteiger partial charge in [0, 0.05) is 24.8 Å². The molecule has 1 aliphatic rings. The summed E-state index contributed by atoms with van der Waals surface area (Å²) in [6, 6.07) is 8.16. The summed E-state index contributed by atoms with van der Waals surface area (Å²) < 4.78 is 50.9. The van der Waals surface area contributed by atoms with E-state index in [4.69, 9.17) is 4.74 Å². The Kier molecular flexibility index (Phi) is 9.07. The molecule has 0 bridgehead atoms. The molecule has 1 fully saturated rings. The third-order valence-electron chi connectivity index (χ3n) is 6.80. The lowest BCUT2D eigenvalue weighted by Crippen LogP contribution is -2.48. The fraction of sp³-hybridized carbons (Fsp3) is 0.481. The number of hydrogen-bond acceptors (Lipinski definition) is 5. The number of methoxy groups -OCH3 is 1. The van der Waals surface area contributed by atoms with Crippen molar-refractivity contribution in [2.24, 2.45) is 5.92 Å². The van der Waals surface area contributed by atoms with E-state index in [0.717, 1.165) is 25.0 Å². The number of likely N-dealkylation sites (tertiary alicyclic amines) is 1. The fourth-order valence-corrected chi connectivity index (χ4v) is 4.45. The largest absolute Gasteiger partial charge is 0.465 e. The Hall–Kier alpha value is -3.27. The number of aliphatic hydroxyl groups is 1. The van der Waals surface area contributed by atoms with Crippen LogP contribution in [0.3, 0.4) is 0 Å². The molecule has 2 amide bonds. The van der Waals surface area contributed by atoms with E-state index in [0.29, 0.717) is 38.3 Å². The van der Waals surface area contributed by atoms with E-state index in [1.54, 1.807) is 0 Å². The van der Waals surface area contributed by atoms with Crippen molar-refractivity contribution in [3.05, 3.63) is 53.6 Å². The first-order valence-electron chi connectivity index (χ1n) is 12.3. The number of nitrogens with one attached hydrogen (secondary N) is 1. The molecular weight excluding hydrogens is 489 g/mol. The summed E-state index contributed by atoms with van der Waals surface area (Å²) in [4.78, 5) is 25.9. The van der Waals surface area contributed by atoms with Crippen molar-refractivity contribution >= 4 is 17.7 Å². The zero-order valence-electron chi connectivity index (χ0n) is 21.2. The number of piperidine rings is 1. The van der Waals surface area contributed by atoms with Crippen molar-refractivity contribution < 1.29 is 37.3 Å². The Morgan fingerprint density at radius 3 is 2.22 bits per heavy atom. The van der Waals surface area contributed by atoms with Crippen LogP contribution in [0.15, 0.2) is 42.5 Å². The molecule has 1 aliphatic heterocycles. The molecule has 2 aromatic rings. The van der Waals surface area contributed by atoms with Gasteiger partial charge in [0.15, 0.2) is 0 Å². The maximum atomic E-state index is 13.5. The molecule has 0 saturated carbocycles. The van der Waals surface area contributed by atoms with Crippen molar-refractivity contribution in [2.75, 3.05) is 25.5 Å². The van der Waals surface area contributed by atoms with Crippen molar-refractivity contribution in [1.29, 1.82) is 0 Å². The molecule has 2 N–H and O–H groups in total. The van der Waals surface area contributed by atoms with Crippen molar-refractivity contribution in [2.45, 2.75) is 57.7 Å². The number of alkyl halides is 3. The Bertz CT molecular complexity index is 1080. The van der Waals surface area contributed by atoms with Crippen LogP contribution in [0.2, 0.25) is 0 Å². The van der Waals surface area contributed by atoms with Crippen LogP contribution in [0.25, 0.3) is 0 Å². The first kappa shape index (κ1) is 28.3.